The summed E-state index contributed by atoms with van der Waals surface area (Å²) in [4.78, 5) is 0. The van der Waals surface area contributed by atoms with Crippen LogP contribution in [0.15, 0.2) is 0 Å². The molecule has 0 amide bonds. The van der Waals surface area contributed by atoms with Gasteiger partial charge in [-0.3, -0.25) is 0 Å². The Labute approximate surface area is 139 Å². The molecule has 128 valence electrons. The predicted octanol–water partition coefficient (Wildman–Crippen LogP) is 2.18. The molecule has 7 heteroatoms. The number of rotatable bonds is 5. The lowest BCUT2D eigenvalue weighted by atomic mass is 10.1. The van der Waals surface area contributed by atoms with E-state index >= 15 is 0 Å². The van der Waals surface area contributed by atoms with Crippen molar-refractivity contribution >= 4 is 15.9 Å². The second kappa shape index (κ2) is 6.27. The number of hydrogen-bond acceptors (Lipinski definition) is 6. The molecule has 0 radical (unpaired) electrons. The van der Waals surface area contributed by atoms with Crippen molar-refractivity contribution in [1.29, 1.82) is 0 Å². The zero-order valence-corrected chi connectivity index (χ0v) is 15.1. The van der Waals surface area contributed by atoms with Crippen LogP contribution < -0.4 is 0 Å². The average Bonchev–Trinajstić information content (AvgIpc) is 3.01. The lowest BCUT2D eigenvalue weighted by molar-refractivity contribution is -0.235. The molecule has 0 aromatic carbocycles. The van der Waals surface area contributed by atoms with E-state index in [0.29, 0.717) is 13.2 Å². The summed E-state index contributed by atoms with van der Waals surface area (Å²) < 4.78 is 35.5. The molecule has 3 rings (SSSR count). The van der Waals surface area contributed by atoms with Crippen molar-refractivity contribution in [2.45, 2.75) is 76.4 Å². The third-order valence-corrected chi connectivity index (χ3v) is 4.57. The molecule has 5 atom stereocenters. The standard InChI is InChI=1S/C15H25BrO6/c1-14(2)18-8-9(20-14)10-11(17-7-5-6-16)12-13(19-10)22-15(3,4)21-12/h9-13H,5-8H2,1-4H3/t9-,10-,11+,12-,13-/m1/s1. The minimum Gasteiger partial charge on any atom is -0.372 e. The molecule has 3 aliphatic rings. The molecule has 3 saturated heterocycles. The lowest BCUT2D eigenvalue weighted by Gasteiger charge is -2.29. The van der Waals surface area contributed by atoms with Gasteiger partial charge in [0, 0.05) is 11.9 Å². The molecular weight excluding hydrogens is 356 g/mol. The summed E-state index contributed by atoms with van der Waals surface area (Å²) in [5.41, 5.74) is 0. The molecule has 0 bridgehead atoms. The number of hydrogen-bond donors (Lipinski definition) is 0. The van der Waals surface area contributed by atoms with Crippen LogP contribution in [-0.4, -0.2) is 60.8 Å². The van der Waals surface area contributed by atoms with Crippen LogP contribution in [0.3, 0.4) is 0 Å². The van der Waals surface area contributed by atoms with E-state index in [9.17, 15) is 0 Å². The Morgan fingerprint density at radius 1 is 1.05 bits per heavy atom. The molecule has 0 N–H and O–H groups in total. The Hall–Kier alpha value is 0.240. The Balaban J connectivity index is 1.69. The largest absolute Gasteiger partial charge is 0.372 e. The lowest BCUT2D eigenvalue weighted by Crippen LogP contribution is -2.44. The Bertz CT molecular complexity index is 401. The highest BCUT2D eigenvalue weighted by atomic mass is 79.9. The third kappa shape index (κ3) is 3.50. The van der Waals surface area contributed by atoms with E-state index in [4.69, 9.17) is 28.4 Å². The summed E-state index contributed by atoms with van der Waals surface area (Å²) in [7, 11) is 0. The van der Waals surface area contributed by atoms with Gasteiger partial charge in [0.1, 0.15) is 24.4 Å². The molecule has 0 unspecified atom stereocenters. The van der Waals surface area contributed by atoms with Crippen LogP contribution in [-0.2, 0) is 28.4 Å². The predicted molar refractivity (Wildman–Crippen MR) is 81.8 cm³/mol. The normalized spacial score (nSPS) is 42.7. The Kier molecular flexibility index (Phi) is 4.87. The number of fused-ring (bicyclic) bond motifs is 1. The van der Waals surface area contributed by atoms with Crippen molar-refractivity contribution < 1.29 is 28.4 Å². The van der Waals surface area contributed by atoms with Crippen molar-refractivity contribution in [2.24, 2.45) is 0 Å². The summed E-state index contributed by atoms with van der Waals surface area (Å²) >= 11 is 3.42. The topological polar surface area (TPSA) is 55.4 Å². The maximum Gasteiger partial charge on any atom is 0.190 e. The first-order chi connectivity index (χ1) is 10.3. The van der Waals surface area contributed by atoms with Crippen LogP contribution >= 0.6 is 15.9 Å². The van der Waals surface area contributed by atoms with Gasteiger partial charge in [0.2, 0.25) is 0 Å². The quantitative estimate of drug-likeness (QED) is 0.538. The SMILES string of the molecule is CC1(C)O[C@H]2O[C@H]([C@H]3COC(C)(C)O3)[C@H](OCCCBr)[C@H]2O1. The monoisotopic (exact) mass is 380 g/mol. The molecule has 22 heavy (non-hydrogen) atoms. The summed E-state index contributed by atoms with van der Waals surface area (Å²) in [5, 5.41) is 0.901. The summed E-state index contributed by atoms with van der Waals surface area (Å²) in [5.74, 6) is -1.24. The van der Waals surface area contributed by atoms with Crippen LogP contribution in [0.1, 0.15) is 34.1 Å². The number of ether oxygens (including phenoxy) is 6. The first-order valence-corrected chi connectivity index (χ1v) is 8.94. The smallest absolute Gasteiger partial charge is 0.190 e. The van der Waals surface area contributed by atoms with Crippen molar-refractivity contribution in [3.63, 3.8) is 0 Å². The van der Waals surface area contributed by atoms with E-state index in [1.54, 1.807) is 0 Å². The van der Waals surface area contributed by atoms with Gasteiger partial charge >= 0.3 is 0 Å². The van der Waals surface area contributed by atoms with Crippen LogP contribution in [0, 0.1) is 0 Å². The van der Waals surface area contributed by atoms with Crippen molar-refractivity contribution in [1.82, 2.24) is 0 Å². The fraction of sp³-hybridized carbons (Fsp3) is 1.00. The van der Waals surface area contributed by atoms with Crippen molar-refractivity contribution in [3.8, 4) is 0 Å². The minimum atomic E-state index is -0.649. The average molecular weight is 381 g/mol. The second-order valence-electron chi connectivity index (χ2n) is 6.81. The van der Waals surface area contributed by atoms with E-state index in [0.717, 1.165) is 11.8 Å². The number of alkyl halides is 1. The molecule has 0 aliphatic carbocycles. The molecule has 3 fully saturated rings. The maximum atomic E-state index is 6.05. The van der Waals surface area contributed by atoms with Crippen LogP contribution in [0.5, 0.6) is 0 Å². The summed E-state index contributed by atoms with van der Waals surface area (Å²) in [6, 6.07) is 0. The highest BCUT2D eigenvalue weighted by Crippen LogP contribution is 2.41. The fourth-order valence-corrected chi connectivity index (χ4v) is 3.37. The fourth-order valence-electron chi connectivity index (χ4n) is 3.14. The molecule has 0 aromatic rings. The zero-order chi connectivity index (χ0) is 16.0. The van der Waals surface area contributed by atoms with Crippen LogP contribution in [0.2, 0.25) is 0 Å². The third-order valence-electron chi connectivity index (χ3n) is 4.01. The van der Waals surface area contributed by atoms with Gasteiger partial charge in [-0.25, -0.2) is 0 Å². The molecule has 0 spiro atoms. The second-order valence-corrected chi connectivity index (χ2v) is 7.61. The summed E-state index contributed by atoms with van der Waals surface area (Å²) in [6.07, 6.45) is -0.358. The van der Waals surface area contributed by atoms with Gasteiger partial charge in [0.05, 0.1) is 6.61 Å². The van der Waals surface area contributed by atoms with Gasteiger partial charge in [-0.1, -0.05) is 15.9 Å². The van der Waals surface area contributed by atoms with E-state index < -0.39 is 17.9 Å². The first kappa shape index (κ1) is 17.1. The molecule has 0 saturated carbocycles. The van der Waals surface area contributed by atoms with Gasteiger partial charge in [0.15, 0.2) is 17.9 Å². The highest BCUT2D eigenvalue weighted by molar-refractivity contribution is 9.09. The van der Waals surface area contributed by atoms with Gasteiger partial charge in [-0.15, -0.1) is 0 Å². The van der Waals surface area contributed by atoms with E-state index in [1.165, 1.54) is 0 Å². The molecule has 3 aliphatic heterocycles. The maximum absolute atomic E-state index is 6.05. The zero-order valence-electron chi connectivity index (χ0n) is 13.5. The van der Waals surface area contributed by atoms with Crippen LogP contribution in [0.4, 0.5) is 0 Å². The molecule has 3 heterocycles. The Morgan fingerprint density at radius 3 is 2.45 bits per heavy atom. The molecular formula is C15H25BrO6. The summed E-state index contributed by atoms with van der Waals surface area (Å²) in [6.45, 7) is 8.70. The van der Waals surface area contributed by atoms with E-state index in [2.05, 4.69) is 15.9 Å². The Morgan fingerprint density at radius 2 is 1.82 bits per heavy atom. The van der Waals surface area contributed by atoms with Gasteiger partial charge in [-0.05, 0) is 34.1 Å². The van der Waals surface area contributed by atoms with Crippen LogP contribution in [0.25, 0.3) is 0 Å². The first-order valence-electron chi connectivity index (χ1n) is 7.82. The van der Waals surface area contributed by atoms with Crippen molar-refractivity contribution in [2.75, 3.05) is 18.5 Å². The molecule has 6 nitrogen and oxygen atoms in total. The highest BCUT2D eigenvalue weighted by Gasteiger charge is 2.58. The van der Waals surface area contributed by atoms with E-state index in [1.807, 2.05) is 27.7 Å². The van der Waals surface area contributed by atoms with Gasteiger partial charge < -0.3 is 28.4 Å². The molecule has 0 aromatic heterocycles. The van der Waals surface area contributed by atoms with Crippen molar-refractivity contribution in [3.05, 3.63) is 0 Å². The van der Waals surface area contributed by atoms with Gasteiger partial charge in [0.25, 0.3) is 0 Å². The van der Waals surface area contributed by atoms with E-state index in [-0.39, 0.29) is 24.4 Å². The van der Waals surface area contributed by atoms with Gasteiger partial charge in [-0.2, -0.15) is 0 Å². The number of halogens is 1. The minimum absolute atomic E-state index is 0.176.